The van der Waals surface area contributed by atoms with Crippen LogP contribution in [-0.2, 0) is 10.3 Å². The Morgan fingerprint density at radius 2 is 2.06 bits per heavy atom. The van der Waals surface area contributed by atoms with Crippen LogP contribution in [0.1, 0.15) is 18.9 Å². The average molecular weight is 230 g/mol. The van der Waals surface area contributed by atoms with E-state index >= 15 is 0 Å². The van der Waals surface area contributed by atoms with Gasteiger partial charge in [-0.05, 0) is 24.3 Å². The van der Waals surface area contributed by atoms with Crippen molar-refractivity contribution in [2.24, 2.45) is 5.73 Å². The fourth-order valence-corrected chi connectivity index (χ4v) is 2.02. The summed E-state index contributed by atoms with van der Waals surface area (Å²) in [5, 5.41) is 2.29. The second-order valence-corrected chi connectivity index (χ2v) is 4.57. The standard InChI is InChI=1S/C14H18N2O/c1-14(15,7-8-17-2)13-10-16-9-11-5-3-4-6-12(11)13/h3-6,9-10H,7-8,15H2,1-2H3. The minimum absolute atomic E-state index is 0.413. The highest BCUT2D eigenvalue weighted by Crippen LogP contribution is 2.28. The summed E-state index contributed by atoms with van der Waals surface area (Å²) >= 11 is 0. The first-order valence-corrected chi connectivity index (χ1v) is 5.76. The topological polar surface area (TPSA) is 48.1 Å². The maximum Gasteiger partial charge on any atom is 0.0483 e. The molecule has 3 heteroatoms. The van der Waals surface area contributed by atoms with Crippen molar-refractivity contribution >= 4 is 10.8 Å². The molecule has 3 nitrogen and oxygen atoms in total. The van der Waals surface area contributed by atoms with Crippen molar-refractivity contribution in [1.82, 2.24) is 4.98 Å². The van der Waals surface area contributed by atoms with Crippen LogP contribution in [0.3, 0.4) is 0 Å². The Balaban J connectivity index is 2.47. The van der Waals surface area contributed by atoms with Gasteiger partial charge in [0.15, 0.2) is 0 Å². The van der Waals surface area contributed by atoms with Crippen molar-refractivity contribution < 1.29 is 4.74 Å². The molecule has 0 spiro atoms. The molecule has 1 aromatic carbocycles. The summed E-state index contributed by atoms with van der Waals surface area (Å²) in [6.07, 6.45) is 4.50. The van der Waals surface area contributed by atoms with E-state index in [1.54, 1.807) is 7.11 Å². The number of pyridine rings is 1. The lowest BCUT2D eigenvalue weighted by molar-refractivity contribution is 0.172. The number of ether oxygens (including phenoxy) is 1. The summed E-state index contributed by atoms with van der Waals surface area (Å²) in [4.78, 5) is 4.27. The third-order valence-corrected chi connectivity index (χ3v) is 3.11. The van der Waals surface area contributed by atoms with E-state index in [0.29, 0.717) is 6.61 Å². The van der Waals surface area contributed by atoms with Gasteiger partial charge in [-0.1, -0.05) is 24.3 Å². The predicted octanol–water partition coefficient (Wildman–Crippen LogP) is 2.45. The van der Waals surface area contributed by atoms with Gasteiger partial charge in [-0.25, -0.2) is 0 Å². The molecule has 0 aliphatic rings. The Labute approximate surface area is 102 Å². The van der Waals surface area contributed by atoms with Crippen molar-refractivity contribution in [3.05, 3.63) is 42.2 Å². The van der Waals surface area contributed by atoms with Crippen molar-refractivity contribution in [3.63, 3.8) is 0 Å². The molecular weight excluding hydrogens is 212 g/mol. The van der Waals surface area contributed by atoms with E-state index in [0.717, 1.165) is 17.4 Å². The van der Waals surface area contributed by atoms with E-state index < -0.39 is 5.54 Å². The molecule has 0 saturated carbocycles. The van der Waals surface area contributed by atoms with Gasteiger partial charge in [0.05, 0.1) is 0 Å². The van der Waals surface area contributed by atoms with E-state index in [1.165, 1.54) is 5.39 Å². The lowest BCUT2D eigenvalue weighted by Gasteiger charge is -2.26. The number of rotatable bonds is 4. The first-order chi connectivity index (χ1) is 8.15. The Kier molecular flexibility index (Phi) is 3.41. The van der Waals surface area contributed by atoms with Crippen LogP contribution in [0.25, 0.3) is 10.8 Å². The van der Waals surface area contributed by atoms with Gasteiger partial charge in [0.25, 0.3) is 0 Å². The third kappa shape index (κ3) is 2.46. The van der Waals surface area contributed by atoms with Gasteiger partial charge >= 0.3 is 0 Å². The monoisotopic (exact) mass is 230 g/mol. The molecule has 0 amide bonds. The largest absolute Gasteiger partial charge is 0.385 e. The van der Waals surface area contributed by atoms with E-state index in [4.69, 9.17) is 10.5 Å². The normalized spacial score (nSPS) is 14.8. The molecule has 1 unspecified atom stereocenters. The lowest BCUT2D eigenvalue weighted by atomic mass is 9.88. The molecule has 17 heavy (non-hydrogen) atoms. The minimum atomic E-state index is -0.413. The Hall–Kier alpha value is -1.45. The lowest BCUT2D eigenvalue weighted by Crippen LogP contribution is -2.34. The van der Waals surface area contributed by atoms with Gasteiger partial charge in [-0.2, -0.15) is 0 Å². The van der Waals surface area contributed by atoms with Gasteiger partial charge < -0.3 is 10.5 Å². The van der Waals surface area contributed by atoms with Crippen molar-refractivity contribution in [1.29, 1.82) is 0 Å². The molecule has 0 saturated heterocycles. The fraction of sp³-hybridized carbons (Fsp3) is 0.357. The maximum absolute atomic E-state index is 6.37. The van der Waals surface area contributed by atoms with Crippen LogP contribution in [0.2, 0.25) is 0 Å². The molecule has 2 aromatic rings. The van der Waals surface area contributed by atoms with E-state index in [2.05, 4.69) is 17.1 Å². The Morgan fingerprint density at radius 1 is 1.29 bits per heavy atom. The number of fused-ring (bicyclic) bond motifs is 1. The molecule has 1 atom stereocenters. The number of aromatic nitrogens is 1. The van der Waals surface area contributed by atoms with Crippen LogP contribution in [0, 0.1) is 0 Å². The second kappa shape index (κ2) is 4.82. The summed E-state index contributed by atoms with van der Waals surface area (Å²) in [6, 6.07) is 8.18. The first-order valence-electron chi connectivity index (χ1n) is 5.76. The molecule has 0 aliphatic carbocycles. The summed E-state index contributed by atoms with van der Waals surface area (Å²) < 4.78 is 5.11. The number of hydrogen-bond acceptors (Lipinski definition) is 3. The van der Waals surface area contributed by atoms with Crippen LogP contribution < -0.4 is 5.73 Å². The highest BCUT2D eigenvalue weighted by molar-refractivity contribution is 5.85. The number of benzene rings is 1. The highest BCUT2D eigenvalue weighted by atomic mass is 16.5. The van der Waals surface area contributed by atoms with Gasteiger partial charge in [-0.3, -0.25) is 4.98 Å². The summed E-state index contributed by atoms with van der Waals surface area (Å²) in [7, 11) is 1.69. The number of hydrogen-bond donors (Lipinski definition) is 1. The quantitative estimate of drug-likeness (QED) is 0.877. The Morgan fingerprint density at radius 3 is 2.82 bits per heavy atom. The molecule has 1 aromatic heterocycles. The highest BCUT2D eigenvalue weighted by Gasteiger charge is 2.23. The van der Waals surface area contributed by atoms with Gasteiger partial charge in [0.1, 0.15) is 0 Å². The molecule has 0 aliphatic heterocycles. The van der Waals surface area contributed by atoms with Gasteiger partial charge in [-0.15, -0.1) is 0 Å². The van der Waals surface area contributed by atoms with Crippen molar-refractivity contribution in [2.75, 3.05) is 13.7 Å². The molecule has 2 rings (SSSR count). The summed E-state index contributed by atoms with van der Waals surface area (Å²) in [5.41, 5.74) is 7.03. The molecule has 2 N–H and O–H groups in total. The summed E-state index contributed by atoms with van der Waals surface area (Å²) in [5.74, 6) is 0. The second-order valence-electron chi connectivity index (χ2n) is 4.57. The van der Waals surface area contributed by atoms with Crippen LogP contribution >= 0.6 is 0 Å². The van der Waals surface area contributed by atoms with Gasteiger partial charge in [0.2, 0.25) is 0 Å². The molecule has 1 heterocycles. The van der Waals surface area contributed by atoms with E-state index in [9.17, 15) is 0 Å². The SMILES string of the molecule is COCCC(C)(N)c1cncc2ccccc12. The minimum Gasteiger partial charge on any atom is -0.385 e. The molecular formula is C14H18N2O. The number of nitrogens with two attached hydrogens (primary N) is 1. The predicted molar refractivity (Wildman–Crippen MR) is 69.8 cm³/mol. The van der Waals surface area contributed by atoms with Gasteiger partial charge in [0, 0.05) is 37.0 Å². The van der Waals surface area contributed by atoms with Crippen molar-refractivity contribution in [2.45, 2.75) is 18.9 Å². The summed E-state index contributed by atoms with van der Waals surface area (Å²) in [6.45, 7) is 2.67. The fourth-order valence-electron chi connectivity index (χ4n) is 2.02. The first kappa shape index (κ1) is 12.0. The molecule has 90 valence electrons. The average Bonchev–Trinajstić information content (AvgIpc) is 2.36. The smallest absolute Gasteiger partial charge is 0.0483 e. The molecule has 0 bridgehead atoms. The van der Waals surface area contributed by atoms with E-state index in [1.807, 2.05) is 31.5 Å². The Bertz CT molecular complexity index is 503. The van der Waals surface area contributed by atoms with Crippen LogP contribution in [0.5, 0.6) is 0 Å². The number of methoxy groups -OCH3 is 1. The zero-order valence-corrected chi connectivity index (χ0v) is 10.3. The maximum atomic E-state index is 6.37. The van der Waals surface area contributed by atoms with Crippen LogP contribution in [-0.4, -0.2) is 18.7 Å². The third-order valence-electron chi connectivity index (χ3n) is 3.11. The van der Waals surface area contributed by atoms with Crippen LogP contribution in [0.15, 0.2) is 36.7 Å². The number of nitrogens with zero attached hydrogens (tertiary/aromatic N) is 1. The molecule has 0 radical (unpaired) electrons. The zero-order valence-electron chi connectivity index (χ0n) is 10.3. The van der Waals surface area contributed by atoms with E-state index in [-0.39, 0.29) is 0 Å². The molecule has 0 fully saturated rings. The van der Waals surface area contributed by atoms with Crippen LogP contribution in [0.4, 0.5) is 0 Å². The van der Waals surface area contributed by atoms with Crippen molar-refractivity contribution in [3.8, 4) is 0 Å². The zero-order chi connectivity index (χ0) is 12.3.